The van der Waals surface area contributed by atoms with Crippen LogP contribution in [0.5, 0.6) is 0 Å². The zero-order valence-corrected chi connectivity index (χ0v) is 11.1. The predicted octanol–water partition coefficient (Wildman–Crippen LogP) is 2.32. The highest BCUT2D eigenvalue weighted by molar-refractivity contribution is 5.38. The van der Waals surface area contributed by atoms with Crippen LogP contribution in [0.1, 0.15) is 40.0 Å². The summed E-state index contributed by atoms with van der Waals surface area (Å²) in [6, 6.07) is 0. The molecular formula is C12H23N5. The highest BCUT2D eigenvalue weighted by Crippen LogP contribution is 2.08. The Bertz CT molecular complexity index is 312. The minimum Gasteiger partial charge on any atom is -0.369 e. The molecule has 0 bridgehead atoms. The van der Waals surface area contributed by atoms with Crippen LogP contribution in [0.25, 0.3) is 0 Å². The van der Waals surface area contributed by atoms with E-state index in [4.69, 9.17) is 0 Å². The topological polar surface area (TPSA) is 53.9 Å². The van der Waals surface area contributed by atoms with Crippen molar-refractivity contribution in [3.63, 3.8) is 0 Å². The molecule has 5 heteroatoms. The lowest BCUT2D eigenvalue weighted by molar-refractivity contribution is 0.739. The molecule has 0 saturated carbocycles. The van der Waals surface area contributed by atoms with E-state index in [0.29, 0.717) is 5.95 Å². The van der Waals surface area contributed by atoms with Crippen LogP contribution in [0.15, 0.2) is 6.20 Å². The third-order valence-electron chi connectivity index (χ3n) is 2.68. The van der Waals surface area contributed by atoms with Gasteiger partial charge in [-0.2, -0.15) is 10.1 Å². The number of nitrogens with zero attached hydrogens (tertiary/aromatic N) is 4. The monoisotopic (exact) mass is 237 g/mol. The summed E-state index contributed by atoms with van der Waals surface area (Å²) >= 11 is 0. The maximum absolute atomic E-state index is 4.45. The van der Waals surface area contributed by atoms with Gasteiger partial charge in [-0.25, -0.2) is 0 Å². The number of aromatic nitrogens is 3. The molecule has 1 heterocycles. The Kier molecular flexibility index (Phi) is 6.29. The zero-order valence-electron chi connectivity index (χ0n) is 11.1. The summed E-state index contributed by atoms with van der Waals surface area (Å²) in [6.07, 6.45) is 5.32. The Balaban J connectivity index is 2.53. The van der Waals surface area contributed by atoms with Crippen molar-refractivity contribution in [2.75, 3.05) is 29.9 Å². The van der Waals surface area contributed by atoms with Gasteiger partial charge in [0.05, 0.1) is 6.20 Å². The number of unbranched alkanes of at least 4 members (excludes halogenated alkanes) is 2. The Morgan fingerprint density at radius 1 is 1.18 bits per heavy atom. The second kappa shape index (κ2) is 7.81. The third-order valence-corrected chi connectivity index (χ3v) is 2.68. The van der Waals surface area contributed by atoms with Gasteiger partial charge in [-0.15, -0.1) is 5.10 Å². The van der Waals surface area contributed by atoms with E-state index >= 15 is 0 Å². The van der Waals surface area contributed by atoms with Crippen LogP contribution >= 0.6 is 0 Å². The lowest BCUT2D eigenvalue weighted by Gasteiger charge is -2.18. The Morgan fingerprint density at radius 3 is 2.59 bits per heavy atom. The minimum absolute atomic E-state index is 0.704. The van der Waals surface area contributed by atoms with E-state index in [-0.39, 0.29) is 0 Å². The first-order valence-electron chi connectivity index (χ1n) is 6.50. The molecule has 0 atom stereocenters. The van der Waals surface area contributed by atoms with Crippen molar-refractivity contribution in [2.45, 2.75) is 40.0 Å². The largest absolute Gasteiger partial charge is 0.369 e. The molecule has 0 saturated heterocycles. The minimum atomic E-state index is 0.704. The van der Waals surface area contributed by atoms with E-state index in [1.165, 1.54) is 19.3 Å². The van der Waals surface area contributed by atoms with E-state index in [0.717, 1.165) is 25.5 Å². The molecule has 0 aliphatic heterocycles. The molecule has 0 amide bonds. The summed E-state index contributed by atoms with van der Waals surface area (Å²) in [7, 11) is 0. The first kappa shape index (κ1) is 13.7. The van der Waals surface area contributed by atoms with E-state index in [2.05, 4.69) is 46.2 Å². The number of hydrogen-bond donors (Lipinski definition) is 1. The lowest BCUT2D eigenvalue weighted by atomic mass is 10.2. The number of nitrogens with one attached hydrogen (secondary N) is 1. The van der Waals surface area contributed by atoms with E-state index in [9.17, 15) is 0 Å². The maximum atomic E-state index is 4.45. The van der Waals surface area contributed by atoms with Crippen molar-refractivity contribution in [3.05, 3.63) is 6.20 Å². The predicted molar refractivity (Wildman–Crippen MR) is 71.4 cm³/mol. The van der Waals surface area contributed by atoms with E-state index < -0.39 is 0 Å². The molecule has 1 rings (SSSR count). The highest BCUT2D eigenvalue weighted by Gasteiger charge is 2.06. The van der Waals surface area contributed by atoms with Crippen LogP contribution in [0.4, 0.5) is 11.8 Å². The van der Waals surface area contributed by atoms with Crippen molar-refractivity contribution in [1.82, 2.24) is 15.2 Å². The summed E-state index contributed by atoms with van der Waals surface area (Å²) in [5.74, 6) is 1.52. The molecule has 1 aromatic rings. The van der Waals surface area contributed by atoms with Crippen LogP contribution in [-0.2, 0) is 0 Å². The van der Waals surface area contributed by atoms with Gasteiger partial charge in [0.1, 0.15) is 0 Å². The summed E-state index contributed by atoms with van der Waals surface area (Å²) in [6.45, 7) is 9.13. The second-order valence-corrected chi connectivity index (χ2v) is 3.95. The van der Waals surface area contributed by atoms with Crippen molar-refractivity contribution in [1.29, 1.82) is 0 Å². The van der Waals surface area contributed by atoms with Gasteiger partial charge in [0.15, 0.2) is 5.82 Å². The van der Waals surface area contributed by atoms with Crippen LogP contribution in [-0.4, -0.2) is 34.8 Å². The average Bonchev–Trinajstić information content (AvgIpc) is 2.37. The van der Waals surface area contributed by atoms with Gasteiger partial charge >= 0.3 is 0 Å². The summed E-state index contributed by atoms with van der Waals surface area (Å²) in [5, 5.41) is 11.3. The molecule has 0 radical (unpaired) electrons. The van der Waals surface area contributed by atoms with Gasteiger partial charge in [0.2, 0.25) is 5.95 Å². The van der Waals surface area contributed by atoms with Gasteiger partial charge in [-0.3, -0.25) is 0 Å². The highest BCUT2D eigenvalue weighted by atomic mass is 15.3. The molecule has 0 spiro atoms. The molecule has 0 aliphatic carbocycles. The first-order chi connectivity index (χ1) is 8.31. The van der Waals surface area contributed by atoms with Crippen molar-refractivity contribution in [2.24, 2.45) is 0 Å². The number of rotatable bonds is 8. The van der Waals surface area contributed by atoms with Gasteiger partial charge in [0.25, 0.3) is 0 Å². The summed E-state index contributed by atoms with van der Waals surface area (Å²) < 4.78 is 0. The van der Waals surface area contributed by atoms with Crippen LogP contribution in [0.3, 0.4) is 0 Å². The molecule has 0 aliphatic rings. The molecule has 17 heavy (non-hydrogen) atoms. The molecule has 1 N–H and O–H groups in total. The average molecular weight is 237 g/mol. The lowest BCUT2D eigenvalue weighted by Crippen LogP contribution is -2.24. The van der Waals surface area contributed by atoms with Gasteiger partial charge in [0, 0.05) is 19.6 Å². The normalized spacial score (nSPS) is 10.3. The quantitative estimate of drug-likeness (QED) is 0.703. The van der Waals surface area contributed by atoms with Crippen LogP contribution in [0.2, 0.25) is 0 Å². The van der Waals surface area contributed by atoms with Crippen molar-refractivity contribution >= 4 is 11.8 Å². The Labute approximate surface area is 104 Å². The zero-order chi connectivity index (χ0) is 12.5. The fourth-order valence-electron chi connectivity index (χ4n) is 1.61. The number of anilines is 2. The molecule has 1 aromatic heterocycles. The Hall–Kier alpha value is -1.39. The second-order valence-electron chi connectivity index (χ2n) is 3.95. The number of hydrogen-bond acceptors (Lipinski definition) is 5. The molecule has 96 valence electrons. The van der Waals surface area contributed by atoms with E-state index in [1.54, 1.807) is 6.20 Å². The third kappa shape index (κ3) is 4.54. The molecule has 0 unspecified atom stereocenters. The van der Waals surface area contributed by atoms with Crippen molar-refractivity contribution in [3.8, 4) is 0 Å². The standard InChI is InChI=1S/C12H23N5/c1-4-7-8-9-13-11-10-14-16-12(15-11)17(5-2)6-3/h10H,4-9H2,1-3H3,(H,13,15,16). The summed E-state index contributed by atoms with van der Waals surface area (Å²) in [4.78, 5) is 6.54. The molecular weight excluding hydrogens is 214 g/mol. The molecule has 0 aromatic carbocycles. The summed E-state index contributed by atoms with van der Waals surface area (Å²) in [5.41, 5.74) is 0. The van der Waals surface area contributed by atoms with Crippen LogP contribution < -0.4 is 10.2 Å². The molecule has 0 fully saturated rings. The maximum Gasteiger partial charge on any atom is 0.247 e. The van der Waals surface area contributed by atoms with Gasteiger partial charge in [-0.1, -0.05) is 19.8 Å². The fraction of sp³-hybridized carbons (Fsp3) is 0.750. The molecule has 5 nitrogen and oxygen atoms in total. The first-order valence-corrected chi connectivity index (χ1v) is 6.50. The van der Waals surface area contributed by atoms with Crippen molar-refractivity contribution < 1.29 is 0 Å². The Morgan fingerprint density at radius 2 is 1.94 bits per heavy atom. The smallest absolute Gasteiger partial charge is 0.247 e. The van der Waals surface area contributed by atoms with E-state index in [1.807, 2.05) is 0 Å². The van der Waals surface area contributed by atoms with Crippen LogP contribution in [0, 0.1) is 0 Å². The fourth-order valence-corrected chi connectivity index (χ4v) is 1.61. The van der Waals surface area contributed by atoms with Gasteiger partial charge in [-0.05, 0) is 20.3 Å². The SMILES string of the molecule is CCCCCNc1cnnc(N(CC)CC)n1. The van der Waals surface area contributed by atoms with Gasteiger partial charge < -0.3 is 10.2 Å².